The summed E-state index contributed by atoms with van der Waals surface area (Å²) in [6.45, 7) is 7.31. The number of nitrogens with one attached hydrogen (secondary N) is 2. The first kappa shape index (κ1) is 23.2. The molecule has 1 aromatic carbocycles. The van der Waals surface area contributed by atoms with Gasteiger partial charge in [-0.25, -0.2) is 0 Å². The monoisotopic (exact) mass is 401 g/mol. The van der Waals surface area contributed by atoms with Gasteiger partial charge in [0, 0.05) is 13.0 Å². The summed E-state index contributed by atoms with van der Waals surface area (Å²) < 4.78 is 0. The molecule has 0 saturated carbocycles. The summed E-state index contributed by atoms with van der Waals surface area (Å²) in [4.78, 5) is 14.8. The van der Waals surface area contributed by atoms with Crippen molar-refractivity contribution >= 4 is 30.7 Å². The first-order valence-electron chi connectivity index (χ1n) is 9.50. The van der Waals surface area contributed by atoms with Crippen molar-refractivity contribution in [3.05, 3.63) is 35.4 Å². The molecule has 2 saturated heterocycles. The molecule has 1 aromatic rings. The molecule has 2 N–H and O–H groups in total. The van der Waals surface area contributed by atoms with E-state index in [4.69, 9.17) is 0 Å². The zero-order valence-corrected chi connectivity index (χ0v) is 17.3. The Morgan fingerprint density at radius 3 is 2.54 bits per heavy atom. The van der Waals surface area contributed by atoms with Gasteiger partial charge in [0.2, 0.25) is 5.91 Å². The molecule has 4 nitrogen and oxygen atoms in total. The summed E-state index contributed by atoms with van der Waals surface area (Å²) in [6, 6.07) is 9.09. The number of amides is 1. The second kappa shape index (κ2) is 11.8. The molecule has 0 radical (unpaired) electrons. The van der Waals surface area contributed by atoms with E-state index in [1.165, 1.54) is 30.4 Å². The van der Waals surface area contributed by atoms with Crippen molar-refractivity contribution in [2.45, 2.75) is 45.1 Å². The van der Waals surface area contributed by atoms with E-state index in [0.29, 0.717) is 18.4 Å². The number of benzene rings is 1. The van der Waals surface area contributed by atoms with Crippen LogP contribution in [0.3, 0.4) is 0 Å². The molecule has 0 aliphatic carbocycles. The van der Waals surface area contributed by atoms with Gasteiger partial charge >= 0.3 is 0 Å². The summed E-state index contributed by atoms with van der Waals surface area (Å²) in [7, 11) is 0. The maximum atomic E-state index is 12.3. The molecule has 2 aliphatic rings. The number of halogens is 2. The summed E-state index contributed by atoms with van der Waals surface area (Å²) >= 11 is 0. The summed E-state index contributed by atoms with van der Waals surface area (Å²) in [5.74, 6) is 0.889. The number of carbonyl (C=O) groups excluding carboxylic acids is 1. The van der Waals surface area contributed by atoms with Crippen molar-refractivity contribution in [3.63, 3.8) is 0 Å². The molecule has 2 fully saturated rings. The number of hydrogen-bond acceptors (Lipinski definition) is 3. The Labute approximate surface area is 170 Å². The molecule has 3 rings (SSSR count). The third-order valence-electron chi connectivity index (χ3n) is 5.48. The lowest BCUT2D eigenvalue weighted by Gasteiger charge is -2.28. The molecule has 0 spiro atoms. The van der Waals surface area contributed by atoms with Crippen LogP contribution in [0.2, 0.25) is 0 Å². The molecule has 148 valence electrons. The predicted molar refractivity (Wildman–Crippen MR) is 112 cm³/mol. The number of nitrogens with zero attached hydrogens (tertiary/aromatic N) is 1. The quantitative estimate of drug-likeness (QED) is 0.734. The van der Waals surface area contributed by atoms with E-state index in [9.17, 15) is 4.79 Å². The largest absolute Gasteiger partial charge is 0.354 e. The molecular weight excluding hydrogens is 369 g/mol. The Kier molecular flexibility index (Phi) is 10.6. The average Bonchev–Trinajstić information content (AvgIpc) is 3.28. The maximum absolute atomic E-state index is 12.3. The maximum Gasteiger partial charge on any atom is 0.220 e. The highest BCUT2D eigenvalue weighted by Gasteiger charge is 2.24. The lowest BCUT2D eigenvalue weighted by molar-refractivity contribution is -0.121. The van der Waals surface area contributed by atoms with E-state index in [-0.39, 0.29) is 30.7 Å². The minimum Gasteiger partial charge on any atom is -0.354 e. The SMILES string of the molecule is Cc1ccc(C(CNC(=O)CCC2CCNC2)N2CCCC2)cc1.Cl.Cl. The zero-order chi connectivity index (χ0) is 16.8. The van der Waals surface area contributed by atoms with Crippen molar-refractivity contribution in [1.82, 2.24) is 15.5 Å². The van der Waals surface area contributed by atoms with Gasteiger partial charge in [-0.1, -0.05) is 29.8 Å². The number of hydrogen-bond donors (Lipinski definition) is 2. The smallest absolute Gasteiger partial charge is 0.220 e. The van der Waals surface area contributed by atoms with E-state index in [1.54, 1.807) is 0 Å². The fourth-order valence-corrected chi connectivity index (χ4v) is 3.89. The van der Waals surface area contributed by atoms with E-state index in [1.807, 2.05) is 0 Å². The Morgan fingerprint density at radius 1 is 1.23 bits per heavy atom. The summed E-state index contributed by atoms with van der Waals surface area (Å²) in [6.07, 6.45) is 5.42. The van der Waals surface area contributed by atoms with Crippen molar-refractivity contribution in [2.75, 3.05) is 32.7 Å². The number of carbonyl (C=O) groups is 1. The third-order valence-corrected chi connectivity index (χ3v) is 5.48. The van der Waals surface area contributed by atoms with Crippen LogP contribution in [0.1, 0.15) is 49.3 Å². The fourth-order valence-electron chi connectivity index (χ4n) is 3.89. The van der Waals surface area contributed by atoms with E-state index in [0.717, 1.165) is 39.1 Å². The van der Waals surface area contributed by atoms with Crippen LogP contribution in [0.25, 0.3) is 0 Å². The lowest BCUT2D eigenvalue weighted by atomic mass is 10.0. The molecule has 6 heteroatoms. The van der Waals surface area contributed by atoms with Crippen molar-refractivity contribution < 1.29 is 4.79 Å². The van der Waals surface area contributed by atoms with Crippen LogP contribution in [0.5, 0.6) is 0 Å². The molecule has 26 heavy (non-hydrogen) atoms. The zero-order valence-electron chi connectivity index (χ0n) is 15.7. The number of aryl methyl sites for hydroxylation is 1. The van der Waals surface area contributed by atoms with Gasteiger partial charge in [0.15, 0.2) is 0 Å². The first-order valence-corrected chi connectivity index (χ1v) is 9.50. The van der Waals surface area contributed by atoms with Gasteiger partial charge in [-0.2, -0.15) is 0 Å². The van der Waals surface area contributed by atoms with Crippen LogP contribution in [-0.2, 0) is 4.79 Å². The van der Waals surface area contributed by atoms with Crippen LogP contribution in [0.4, 0.5) is 0 Å². The Bertz CT molecular complexity index is 526. The van der Waals surface area contributed by atoms with Crippen molar-refractivity contribution in [2.24, 2.45) is 5.92 Å². The number of likely N-dealkylation sites (tertiary alicyclic amines) is 1. The molecule has 0 aromatic heterocycles. The standard InChI is InChI=1S/C20H31N3O.2ClH/c1-16-4-7-18(8-5-16)19(23-12-2-3-13-23)15-22-20(24)9-6-17-10-11-21-14-17;;/h4-5,7-8,17,19,21H,2-3,6,9-15H2,1H3,(H,22,24);2*1H. The average molecular weight is 402 g/mol. The van der Waals surface area contributed by atoms with Crippen LogP contribution >= 0.6 is 24.8 Å². The molecule has 0 bridgehead atoms. The van der Waals surface area contributed by atoms with Gasteiger partial charge in [0.25, 0.3) is 0 Å². The highest BCUT2D eigenvalue weighted by molar-refractivity contribution is 5.85. The van der Waals surface area contributed by atoms with Gasteiger partial charge in [-0.3, -0.25) is 9.69 Å². The molecule has 2 unspecified atom stereocenters. The highest BCUT2D eigenvalue weighted by atomic mass is 35.5. The van der Waals surface area contributed by atoms with Gasteiger partial charge in [0.05, 0.1) is 6.04 Å². The molecule has 2 atom stereocenters. The van der Waals surface area contributed by atoms with Crippen LogP contribution < -0.4 is 10.6 Å². The Balaban J connectivity index is 0.00000169. The van der Waals surface area contributed by atoms with E-state index >= 15 is 0 Å². The topological polar surface area (TPSA) is 44.4 Å². The minimum absolute atomic E-state index is 0. The highest BCUT2D eigenvalue weighted by Crippen LogP contribution is 2.25. The van der Waals surface area contributed by atoms with Gasteiger partial charge < -0.3 is 10.6 Å². The second-order valence-electron chi connectivity index (χ2n) is 7.37. The van der Waals surface area contributed by atoms with Gasteiger partial charge in [-0.05, 0) is 70.3 Å². The third kappa shape index (κ3) is 6.73. The molecule has 1 amide bonds. The van der Waals surface area contributed by atoms with Crippen LogP contribution in [0.15, 0.2) is 24.3 Å². The Morgan fingerprint density at radius 2 is 1.92 bits per heavy atom. The fraction of sp³-hybridized carbons (Fsp3) is 0.650. The molecule has 2 aliphatic heterocycles. The van der Waals surface area contributed by atoms with Crippen molar-refractivity contribution in [1.29, 1.82) is 0 Å². The first-order chi connectivity index (χ1) is 11.7. The Hall–Kier alpha value is -0.810. The van der Waals surface area contributed by atoms with Gasteiger partial charge in [-0.15, -0.1) is 24.8 Å². The van der Waals surface area contributed by atoms with Crippen LogP contribution in [0, 0.1) is 12.8 Å². The normalized spacial score (nSPS) is 20.9. The van der Waals surface area contributed by atoms with E-state index < -0.39 is 0 Å². The lowest BCUT2D eigenvalue weighted by Crippen LogP contribution is -2.36. The number of rotatable bonds is 7. The van der Waals surface area contributed by atoms with E-state index in [2.05, 4.69) is 46.7 Å². The second-order valence-corrected chi connectivity index (χ2v) is 7.37. The minimum atomic E-state index is 0. The summed E-state index contributed by atoms with van der Waals surface area (Å²) in [5.41, 5.74) is 2.61. The predicted octanol–water partition coefficient (Wildman–Crippen LogP) is 3.48. The molecule has 2 heterocycles. The van der Waals surface area contributed by atoms with Crippen LogP contribution in [-0.4, -0.2) is 43.5 Å². The van der Waals surface area contributed by atoms with Gasteiger partial charge in [0.1, 0.15) is 0 Å². The van der Waals surface area contributed by atoms with Crippen molar-refractivity contribution in [3.8, 4) is 0 Å². The summed E-state index contributed by atoms with van der Waals surface area (Å²) in [5, 5.41) is 6.57. The molecular formula is C20H33Cl2N3O.